The van der Waals surface area contributed by atoms with Gasteiger partial charge in [-0.15, -0.1) is 0 Å². The van der Waals surface area contributed by atoms with E-state index in [1.807, 2.05) is 0 Å². The largest absolute Gasteiger partial charge is 0.479 e. The van der Waals surface area contributed by atoms with Gasteiger partial charge >= 0.3 is 12.1 Å². The molecule has 2 aliphatic carbocycles. The fraction of sp³-hybridized carbons (Fsp3) is 0.882. The number of carboxylic acid groups (broad SMARTS) is 1. The molecule has 6 heteroatoms. The first kappa shape index (κ1) is 16.6. The van der Waals surface area contributed by atoms with Crippen molar-refractivity contribution in [1.29, 1.82) is 0 Å². The molecular weight excluding hydrogens is 296 g/mol. The molecule has 2 N–H and O–H groups in total. The van der Waals surface area contributed by atoms with Gasteiger partial charge in [0.1, 0.15) is 5.60 Å². The third-order valence-corrected chi connectivity index (χ3v) is 5.36. The van der Waals surface area contributed by atoms with Gasteiger partial charge in [0.2, 0.25) is 0 Å². The summed E-state index contributed by atoms with van der Waals surface area (Å²) in [6, 6.07) is 0. The van der Waals surface area contributed by atoms with E-state index < -0.39 is 23.2 Å². The molecule has 3 rings (SSSR count). The van der Waals surface area contributed by atoms with Crippen molar-refractivity contribution in [1.82, 2.24) is 10.2 Å². The van der Waals surface area contributed by atoms with Gasteiger partial charge in [0, 0.05) is 19.6 Å². The molecule has 1 heterocycles. The van der Waals surface area contributed by atoms with Crippen molar-refractivity contribution >= 4 is 12.1 Å². The number of amides is 1. The van der Waals surface area contributed by atoms with Gasteiger partial charge in [-0.05, 0) is 64.2 Å². The lowest BCUT2D eigenvalue weighted by molar-refractivity contribution is -0.144. The maximum atomic E-state index is 12.0. The summed E-state index contributed by atoms with van der Waals surface area (Å²) >= 11 is 0. The molecule has 0 bridgehead atoms. The topological polar surface area (TPSA) is 78.9 Å². The average Bonchev–Trinajstić information content (AvgIpc) is 2.81. The van der Waals surface area contributed by atoms with E-state index in [1.54, 1.807) is 20.8 Å². The van der Waals surface area contributed by atoms with Crippen molar-refractivity contribution in [2.24, 2.45) is 17.8 Å². The maximum absolute atomic E-state index is 12.0. The Hall–Kier alpha value is -1.30. The summed E-state index contributed by atoms with van der Waals surface area (Å²) in [5.74, 6) is 1.60. The predicted molar refractivity (Wildman–Crippen MR) is 85.1 cm³/mol. The van der Waals surface area contributed by atoms with Crippen molar-refractivity contribution in [2.75, 3.05) is 19.6 Å². The number of carbonyl (C=O) groups excluding carboxylic acids is 1. The number of likely N-dealkylation sites (tertiary alicyclic amines) is 1. The first-order valence-corrected chi connectivity index (χ1v) is 8.64. The van der Waals surface area contributed by atoms with Crippen LogP contribution < -0.4 is 5.32 Å². The van der Waals surface area contributed by atoms with E-state index in [0.717, 1.165) is 18.4 Å². The van der Waals surface area contributed by atoms with E-state index in [0.29, 0.717) is 25.4 Å². The maximum Gasteiger partial charge on any atom is 0.408 e. The lowest BCUT2D eigenvalue weighted by Gasteiger charge is -2.29. The quantitative estimate of drug-likeness (QED) is 0.828. The minimum absolute atomic E-state index is 0.368. The average molecular weight is 324 g/mol. The van der Waals surface area contributed by atoms with Crippen LogP contribution in [0.5, 0.6) is 0 Å². The van der Waals surface area contributed by atoms with Gasteiger partial charge in [-0.3, -0.25) is 0 Å². The lowest BCUT2D eigenvalue weighted by atomic mass is 9.99. The highest BCUT2D eigenvalue weighted by atomic mass is 16.6. The summed E-state index contributed by atoms with van der Waals surface area (Å²) in [7, 11) is 0. The van der Waals surface area contributed by atoms with Gasteiger partial charge in [0.25, 0.3) is 0 Å². The van der Waals surface area contributed by atoms with Crippen molar-refractivity contribution in [3.63, 3.8) is 0 Å². The Morgan fingerprint density at radius 2 is 1.91 bits per heavy atom. The molecule has 3 atom stereocenters. The number of alkyl carbamates (subject to hydrolysis) is 1. The van der Waals surface area contributed by atoms with Gasteiger partial charge in [-0.25, -0.2) is 9.59 Å². The normalized spacial score (nSPS) is 36.6. The Kier molecular flexibility index (Phi) is 4.07. The SMILES string of the molecule is CC(C)(C)OC(=O)NC1(C(=O)O)CCN(CC2CC3CC3C2)C1. The van der Waals surface area contributed by atoms with Crippen LogP contribution in [0.3, 0.4) is 0 Å². The zero-order chi connectivity index (χ0) is 16.8. The zero-order valence-corrected chi connectivity index (χ0v) is 14.3. The third kappa shape index (κ3) is 3.79. The highest BCUT2D eigenvalue weighted by Crippen LogP contribution is 2.54. The highest BCUT2D eigenvalue weighted by molar-refractivity contribution is 5.85. The molecule has 6 nitrogen and oxygen atoms in total. The van der Waals surface area contributed by atoms with E-state index in [4.69, 9.17) is 4.74 Å². The van der Waals surface area contributed by atoms with Crippen LogP contribution in [0.15, 0.2) is 0 Å². The van der Waals surface area contributed by atoms with Gasteiger partial charge in [0.15, 0.2) is 5.54 Å². The Balaban J connectivity index is 1.56. The van der Waals surface area contributed by atoms with Gasteiger partial charge < -0.3 is 20.1 Å². The smallest absolute Gasteiger partial charge is 0.408 e. The zero-order valence-electron chi connectivity index (χ0n) is 14.3. The molecule has 23 heavy (non-hydrogen) atoms. The van der Waals surface area contributed by atoms with Crippen molar-refractivity contribution < 1.29 is 19.4 Å². The molecule has 3 fully saturated rings. The fourth-order valence-electron chi connectivity index (χ4n) is 4.23. The van der Waals surface area contributed by atoms with E-state index in [9.17, 15) is 14.7 Å². The highest BCUT2D eigenvalue weighted by Gasteiger charge is 2.50. The van der Waals surface area contributed by atoms with Crippen molar-refractivity contribution in [2.45, 2.75) is 57.6 Å². The second-order valence-corrected chi connectivity index (χ2v) is 8.59. The first-order chi connectivity index (χ1) is 10.7. The van der Waals surface area contributed by atoms with Crippen LogP contribution >= 0.6 is 0 Å². The number of hydrogen-bond donors (Lipinski definition) is 2. The van der Waals surface area contributed by atoms with Crippen molar-refractivity contribution in [3.05, 3.63) is 0 Å². The second kappa shape index (κ2) is 5.65. The van der Waals surface area contributed by atoms with Gasteiger partial charge in [0.05, 0.1) is 0 Å². The van der Waals surface area contributed by atoms with Gasteiger partial charge in [-0.1, -0.05) is 0 Å². The molecule has 0 aromatic heterocycles. The Bertz CT molecular complexity index is 491. The first-order valence-electron chi connectivity index (χ1n) is 8.64. The predicted octanol–water partition coefficient (Wildman–Crippen LogP) is 2.09. The number of hydrogen-bond acceptors (Lipinski definition) is 4. The number of aliphatic carboxylic acids is 1. The summed E-state index contributed by atoms with van der Waals surface area (Å²) in [6.07, 6.45) is 3.77. The summed E-state index contributed by atoms with van der Waals surface area (Å²) < 4.78 is 5.23. The van der Waals surface area contributed by atoms with Crippen LogP contribution in [-0.4, -0.2) is 52.8 Å². The standard InChI is InChI=1S/C17H28N2O4/c1-16(2,3)23-15(22)18-17(14(20)21)4-5-19(10-17)9-11-6-12-8-13(12)7-11/h11-13H,4-10H2,1-3H3,(H,18,22)(H,20,21). The fourth-order valence-corrected chi connectivity index (χ4v) is 4.23. The lowest BCUT2D eigenvalue weighted by Crippen LogP contribution is -2.57. The number of nitrogens with zero attached hydrogens (tertiary/aromatic N) is 1. The molecular formula is C17H28N2O4. The Morgan fingerprint density at radius 3 is 2.48 bits per heavy atom. The Morgan fingerprint density at radius 1 is 1.26 bits per heavy atom. The molecule has 0 spiro atoms. The molecule has 0 aromatic rings. The summed E-state index contributed by atoms with van der Waals surface area (Å²) in [6.45, 7) is 7.35. The van der Waals surface area contributed by atoms with Crippen LogP contribution in [0, 0.1) is 17.8 Å². The minimum atomic E-state index is -1.22. The van der Waals surface area contributed by atoms with Crippen LogP contribution in [0.1, 0.15) is 46.5 Å². The molecule has 2 saturated carbocycles. The second-order valence-electron chi connectivity index (χ2n) is 8.59. The number of ether oxygens (including phenoxy) is 1. The molecule has 1 saturated heterocycles. The summed E-state index contributed by atoms with van der Waals surface area (Å²) in [4.78, 5) is 26.0. The minimum Gasteiger partial charge on any atom is -0.479 e. The van der Waals surface area contributed by atoms with Crippen LogP contribution in [-0.2, 0) is 9.53 Å². The van der Waals surface area contributed by atoms with Crippen LogP contribution in [0.2, 0.25) is 0 Å². The molecule has 0 aromatic carbocycles. The number of rotatable bonds is 4. The third-order valence-electron chi connectivity index (χ3n) is 5.36. The van der Waals surface area contributed by atoms with Crippen LogP contribution in [0.25, 0.3) is 0 Å². The number of carbonyl (C=O) groups is 2. The molecule has 130 valence electrons. The number of nitrogens with one attached hydrogen (secondary N) is 1. The monoisotopic (exact) mass is 324 g/mol. The molecule has 3 aliphatic rings. The molecule has 0 radical (unpaired) electrons. The number of carboxylic acids is 1. The van der Waals surface area contributed by atoms with E-state index in [1.165, 1.54) is 19.3 Å². The van der Waals surface area contributed by atoms with E-state index >= 15 is 0 Å². The molecule has 3 unspecified atom stereocenters. The van der Waals surface area contributed by atoms with Crippen LogP contribution in [0.4, 0.5) is 4.79 Å². The van der Waals surface area contributed by atoms with E-state index in [2.05, 4.69) is 10.2 Å². The van der Waals surface area contributed by atoms with E-state index in [-0.39, 0.29) is 0 Å². The summed E-state index contributed by atoms with van der Waals surface area (Å²) in [5.41, 5.74) is -1.85. The number of fused-ring (bicyclic) bond motifs is 1. The van der Waals surface area contributed by atoms with Crippen molar-refractivity contribution in [3.8, 4) is 0 Å². The van der Waals surface area contributed by atoms with Gasteiger partial charge in [-0.2, -0.15) is 0 Å². The molecule has 1 aliphatic heterocycles. The Labute approximate surface area is 137 Å². The summed E-state index contributed by atoms with van der Waals surface area (Å²) in [5, 5.41) is 12.3. The molecule has 1 amide bonds.